The van der Waals surface area contributed by atoms with Crippen LogP contribution in [0.4, 0.5) is 0 Å². The lowest BCUT2D eigenvalue weighted by atomic mass is 10.1. The normalized spacial score (nSPS) is 13.3. The maximum Gasteiger partial charge on any atom is 0.241 e. The van der Waals surface area contributed by atoms with Gasteiger partial charge in [-0.1, -0.05) is 70.5 Å². The first-order valence-corrected chi connectivity index (χ1v) is 12.7. The molecule has 0 heterocycles. The Bertz CT molecular complexity index is 1150. The standard InChI is InChI=1S/C25H27BrN2O3S/c1-18(22-9-6-10-23(26)17-22)27-25(29)16-13-20-11-14-24(15-12-20)32(30,31)28-19(2)21-7-4-3-5-8-21/h3-12,14-15,17-19,28H,13,16H2,1-2H3,(H,27,29)/t18-,19+/m1/s1. The summed E-state index contributed by atoms with van der Waals surface area (Å²) < 4.78 is 29.1. The van der Waals surface area contributed by atoms with Gasteiger partial charge in [-0.3, -0.25) is 4.79 Å². The van der Waals surface area contributed by atoms with E-state index < -0.39 is 10.0 Å². The topological polar surface area (TPSA) is 75.3 Å². The van der Waals surface area contributed by atoms with E-state index in [2.05, 4.69) is 26.0 Å². The van der Waals surface area contributed by atoms with Crippen molar-refractivity contribution in [3.63, 3.8) is 0 Å². The Morgan fingerprint density at radius 2 is 1.53 bits per heavy atom. The zero-order valence-electron chi connectivity index (χ0n) is 18.1. The molecule has 32 heavy (non-hydrogen) atoms. The fraction of sp³-hybridized carbons (Fsp3) is 0.240. The molecule has 1 amide bonds. The van der Waals surface area contributed by atoms with Crippen molar-refractivity contribution >= 4 is 31.9 Å². The number of halogens is 1. The predicted octanol–water partition coefficient (Wildman–Crippen LogP) is 5.30. The monoisotopic (exact) mass is 514 g/mol. The van der Waals surface area contributed by atoms with Gasteiger partial charge in [-0.15, -0.1) is 0 Å². The second-order valence-electron chi connectivity index (χ2n) is 7.74. The molecule has 168 valence electrons. The van der Waals surface area contributed by atoms with E-state index >= 15 is 0 Å². The van der Waals surface area contributed by atoms with Crippen molar-refractivity contribution in [2.75, 3.05) is 0 Å². The summed E-state index contributed by atoms with van der Waals surface area (Å²) in [6.45, 7) is 3.76. The number of amides is 1. The SMILES string of the molecule is C[C@H](NS(=O)(=O)c1ccc(CCC(=O)N[C@H](C)c2cccc(Br)c2)cc1)c1ccccc1. The number of aryl methyl sites for hydroxylation is 1. The molecule has 2 atom stereocenters. The molecule has 0 unspecified atom stereocenters. The Balaban J connectivity index is 1.54. The van der Waals surface area contributed by atoms with Gasteiger partial charge in [-0.05, 0) is 61.2 Å². The Morgan fingerprint density at radius 3 is 2.19 bits per heavy atom. The molecule has 0 aliphatic rings. The molecular weight excluding hydrogens is 488 g/mol. The number of carbonyl (C=O) groups excluding carboxylic acids is 1. The highest BCUT2D eigenvalue weighted by Crippen LogP contribution is 2.19. The minimum Gasteiger partial charge on any atom is -0.350 e. The van der Waals surface area contributed by atoms with E-state index in [1.54, 1.807) is 24.3 Å². The summed E-state index contributed by atoms with van der Waals surface area (Å²) in [7, 11) is -3.64. The van der Waals surface area contributed by atoms with Crippen molar-refractivity contribution < 1.29 is 13.2 Å². The maximum absolute atomic E-state index is 12.7. The summed E-state index contributed by atoms with van der Waals surface area (Å²) in [5.41, 5.74) is 2.83. The average molecular weight is 515 g/mol. The molecule has 3 rings (SSSR count). The molecule has 0 saturated heterocycles. The molecule has 0 spiro atoms. The molecule has 0 aliphatic heterocycles. The molecule has 0 bridgehead atoms. The van der Waals surface area contributed by atoms with Crippen LogP contribution in [0.5, 0.6) is 0 Å². The van der Waals surface area contributed by atoms with Crippen molar-refractivity contribution in [2.45, 2.75) is 43.7 Å². The van der Waals surface area contributed by atoms with Crippen molar-refractivity contribution in [3.05, 3.63) is 100 Å². The summed E-state index contributed by atoms with van der Waals surface area (Å²) in [4.78, 5) is 12.5. The molecule has 3 aromatic rings. The molecule has 0 fully saturated rings. The van der Waals surface area contributed by atoms with E-state index in [1.165, 1.54) is 0 Å². The zero-order chi connectivity index (χ0) is 23.1. The molecular formula is C25H27BrN2O3S. The Morgan fingerprint density at radius 1 is 0.875 bits per heavy atom. The third-order valence-electron chi connectivity index (χ3n) is 5.23. The Labute approximate surface area is 198 Å². The summed E-state index contributed by atoms with van der Waals surface area (Å²) in [6.07, 6.45) is 0.860. The fourth-order valence-electron chi connectivity index (χ4n) is 3.38. The number of rotatable bonds is 9. The minimum atomic E-state index is -3.64. The van der Waals surface area contributed by atoms with E-state index in [0.29, 0.717) is 12.8 Å². The summed E-state index contributed by atoms with van der Waals surface area (Å²) in [5, 5.41) is 3.00. The number of nitrogens with one attached hydrogen (secondary N) is 2. The predicted molar refractivity (Wildman–Crippen MR) is 131 cm³/mol. The first-order chi connectivity index (χ1) is 15.2. The van der Waals surface area contributed by atoms with E-state index in [4.69, 9.17) is 0 Å². The summed E-state index contributed by atoms with van der Waals surface area (Å²) in [6, 6.07) is 23.5. The minimum absolute atomic E-state index is 0.0486. The van der Waals surface area contributed by atoms with Gasteiger partial charge in [0.15, 0.2) is 0 Å². The van der Waals surface area contributed by atoms with Gasteiger partial charge in [-0.25, -0.2) is 13.1 Å². The van der Waals surface area contributed by atoms with Crippen LogP contribution in [-0.2, 0) is 21.2 Å². The molecule has 3 aromatic carbocycles. The zero-order valence-corrected chi connectivity index (χ0v) is 20.5. The van der Waals surface area contributed by atoms with Gasteiger partial charge >= 0.3 is 0 Å². The van der Waals surface area contributed by atoms with Crippen molar-refractivity contribution in [1.29, 1.82) is 0 Å². The van der Waals surface area contributed by atoms with E-state index in [1.807, 2.05) is 68.4 Å². The van der Waals surface area contributed by atoms with Crippen LogP contribution in [0.15, 0.2) is 88.2 Å². The fourth-order valence-corrected chi connectivity index (χ4v) is 5.03. The van der Waals surface area contributed by atoms with Crippen molar-refractivity contribution in [2.24, 2.45) is 0 Å². The van der Waals surface area contributed by atoms with E-state index in [-0.39, 0.29) is 22.9 Å². The van der Waals surface area contributed by atoms with Crippen LogP contribution in [0.2, 0.25) is 0 Å². The highest BCUT2D eigenvalue weighted by molar-refractivity contribution is 9.10. The largest absolute Gasteiger partial charge is 0.350 e. The number of benzene rings is 3. The molecule has 0 saturated carbocycles. The molecule has 5 nitrogen and oxygen atoms in total. The lowest BCUT2D eigenvalue weighted by molar-refractivity contribution is -0.121. The van der Waals surface area contributed by atoms with Crippen LogP contribution < -0.4 is 10.0 Å². The summed E-state index contributed by atoms with van der Waals surface area (Å²) >= 11 is 3.44. The van der Waals surface area contributed by atoms with Gasteiger partial charge in [0.2, 0.25) is 15.9 Å². The second-order valence-corrected chi connectivity index (χ2v) is 10.4. The summed E-state index contributed by atoms with van der Waals surface area (Å²) in [5.74, 6) is -0.0486. The third-order valence-corrected chi connectivity index (χ3v) is 7.28. The highest BCUT2D eigenvalue weighted by atomic mass is 79.9. The van der Waals surface area contributed by atoms with E-state index in [0.717, 1.165) is 21.2 Å². The van der Waals surface area contributed by atoms with Gasteiger partial charge in [0.1, 0.15) is 0 Å². The van der Waals surface area contributed by atoms with E-state index in [9.17, 15) is 13.2 Å². The third kappa shape index (κ3) is 6.76. The van der Waals surface area contributed by atoms with Gasteiger partial charge in [0.25, 0.3) is 0 Å². The lowest BCUT2D eigenvalue weighted by Crippen LogP contribution is -2.27. The van der Waals surface area contributed by atoms with Crippen LogP contribution in [-0.4, -0.2) is 14.3 Å². The second kappa shape index (κ2) is 10.9. The van der Waals surface area contributed by atoms with Crippen LogP contribution in [0, 0.1) is 0 Å². The quantitative estimate of drug-likeness (QED) is 0.406. The number of hydrogen-bond acceptors (Lipinski definition) is 3. The smallest absolute Gasteiger partial charge is 0.241 e. The lowest BCUT2D eigenvalue weighted by Gasteiger charge is -2.15. The highest BCUT2D eigenvalue weighted by Gasteiger charge is 2.18. The first kappa shape index (κ1) is 24.2. The first-order valence-electron chi connectivity index (χ1n) is 10.5. The van der Waals surface area contributed by atoms with Crippen LogP contribution in [0.1, 0.15) is 49.0 Å². The van der Waals surface area contributed by atoms with Gasteiger partial charge in [-0.2, -0.15) is 0 Å². The van der Waals surface area contributed by atoms with Crippen molar-refractivity contribution in [1.82, 2.24) is 10.0 Å². The van der Waals surface area contributed by atoms with Gasteiger partial charge in [0, 0.05) is 16.9 Å². The number of sulfonamides is 1. The molecule has 0 aliphatic carbocycles. The van der Waals surface area contributed by atoms with Crippen LogP contribution in [0.3, 0.4) is 0 Å². The Kier molecular flexibility index (Phi) is 8.23. The van der Waals surface area contributed by atoms with Gasteiger partial charge < -0.3 is 5.32 Å². The van der Waals surface area contributed by atoms with Crippen LogP contribution >= 0.6 is 15.9 Å². The number of carbonyl (C=O) groups is 1. The number of hydrogen-bond donors (Lipinski definition) is 2. The van der Waals surface area contributed by atoms with Crippen molar-refractivity contribution in [3.8, 4) is 0 Å². The molecule has 0 radical (unpaired) electrons. The Hall–Kier alpha value is -2.48. The average Bonchev–Trinajstić information content (AvgIpc) is 2.78. The maximum atomic E-state index is 12.7. The molecule has 7 heteroatoms. The molecule has 0 aromatic heterocycles. The van der Waals surface area contributed by atoms with Crippen LogP contribution in [0.25, 0.3) is 0 Å². The van der Waals surface area contributed by atoms with Gasteiger partial charge in [0.05, 0.1) is 10.9 Å². The molecule has 2 N–H and O–H groups in total.